The van der Waals surface area contributed by atoms with E-state index >= 15 is 0 Å². The van der Waals surface area contributed by atoms with E-state index in [-0.39, 0.29) is 17.2 Å². The number of carboxylic acids is 1. The molecule has 4 aromatic rings. The van der Waals surface area contributed by atoms with Gasteiger partial charge in [0.2, 0.25) is 0 Å². The topological polar surface area (TPSA) is 123 Å². The Kier molecular flexibility index (Phi) is 6.80. The number of aromatic amines is 1. The molecule has 0 bridgehead atoms. The first-order valence-electron chi connectivity index (χ1n) is 14.2. The summed E-state index contributed by atoms with van der Waals surface area (Å²) in [6.45, 7) is 5.59. The van der Waals surface area contributed by atoms with E-state index in [2.05, 4.69) is 10.3 Å². The molecule has 4 amide bonds. The molecule has 9 nitrogen and oxygen atoms in total. The zero-order valence-electron chi connectivity index (χ0n) is 23.6. The number of carbonyl (C=O) groups excluding carboxylic acids is 3. The van der Waals surface area contributed by atoms with E-state index in [1.807, 2.05) is 62.4 Å². The number of imide groups is 1. The lowest BCUT2D eigenvalue weighted by Gasteiger charge is -2.36. The summed E-state index contributed by atoms with van der Waals surface area (Å²) in [6, 6.07) is 19.2. The first-order chi connectivity index (χ1) is 20.2. The normalized spacial score (nSPS) is 19.4. The number of hydrogen-bond acceptors (Lipinski definition) is 4. The number of benzene rings is 3. The summed E-state index contributed by atoms with van der Waals surface area (Å²) in [7, 11) is 0. The SMILES string of the molecule is CC[C@H](C)[C@H](NC(=O)c1ccccc1N1C(=O)[C@@H]2Cc3c([nH]c4ccccc34)[C@H](c3ccc(C)cc3)N2C1=O)C(=O)O. The highest BCUT2D eigenvalue weighted by molar-refractivity contribution is 6.24. The van der Waals surface area contributed by atoms with Gasteiger partial charge < -0.3 is 15.4 Å². The molecule has 0 unspecified atom stereocenters. The number of carbonyl (C=O) groups is 4. The van der Waals surface area contributed by atoms with Gasteiger partial charge in [-0.15, -0.1) is 0 Å². The molecule has 3 N–H and O–H groups in total. The predicted molar refractivity (Wildman–Crippen MR) is 158 cm³/mol. The smallest absolute Gasteiger partial charge is 0.332 e. The number of nitrogens with zero attached hydrogens (tertiary/aromatic N) is 2. The Morgan fingerprint density at radius 1 is 1.02 bits per heavy atom. The van der Waals surface area contributed by atoms with Gasteiger partial charge in [0.05, 0.1) is 11.3 Å². The summed E-state index contributed by atoms with van der Waals surface area (Å²) >= 11 is 0. The lowest BCUT2D eigenvalue weighted by Crippen LogP contribution is -2.45. The second-order valence-corrected chi connectivity index (χ2v) is 11.2. The highest BCUT2D eigenvalue weighted by Crippen LogP contribution is 2.45. The van der Waals surface area contributed by atoms with Crippen LogP contribution in [0.2, 0.25) is 0 Å². The van der Waals surface area contributed by atoms with Crippen molar-refractivity contribution in [1.82, 2.24) is 15.2 Å². The summed E-state index contributed by atoms with van der Waals surface area (Å²) in [5.74, 6) is -2.54. The summed E-state index contributed by atoms with van der Waals surface area (Å²) in [4.78, 5) is 60.0. The second-order valence-electron chi connectivity index (χ2n) is 11.2. The van der Waals surface area contributed by atoms with Crippen molar-refractivity contribution in [2.75, 3.05) is 4.90 Å². The molecule has 6 rings (SSSR count). The number of nitrogens with one attached hydrogen (secondary N) is 2. The van der Waals surface area contributed by atoms with Crippen molar-refractivity contribution in [3.05, 3.63) is 101 Å². The molecule has 0 spiro atoms. The Morgan fingerprint density at radius 2 is 1.71 bits per heavy atom. The van der Waals surface area contributed by atoms with E-state index in [0.29, 0.717) is 12.8 Å². The average Bonchev–Trinajstić information content (AvgIpc) is 3.48. The van der Waals surface area contributed by atoms with Gasteiger partial charge in [-0.05, 0) is 42.2 Å². The number of anilines is 1. The van der Waals surface area contributed by atoms with Gasteiger partial charge >= 0.3 is 12.0 Å². The molecule has 2 aliphatic rings. The zero-order chi connectivity index (χ0) is 29.7. The maximum atomic E-state index is 14.3. The Morgan fingerprint density at radius 3 is 2.43 bits per heavy atom. The molecule has 42 heavy (non-hydrogen) atoms. The van der Waals surface area contributed by atoms with E-state index < -0.39 is 41.9 Å². The number of para-hydroxylation sites is 2. The van der Waals surface area contributed by atoms with Crippen molar-refractivity contribution in [3.63, 3.8) is 0 Å². The molecule has 9 heteroatoms. The van der Waals surface area contributed by atoms with Gasteiger partial charge in [-0.25, -0.2) is 14.5 Å². The van der Waals surface area contributed by atoms with E-state index in [9.17, 15) is 24.3 Å². The summed E-state index contributed by atoms with van der Waals surface area (Å²) < 4.78 is 0. The standard InChI is InChI=1S/C33H32N4O5/c1-4-19(3)27(32(40)41)35-30(38)22-10-6-8-12-25(22)37-31(39)26-17-23-21-9-5-7-11-24(21)34-28(23)29(36(26)33(37)42)20-15-13-18(2)14-16-20/h5-16,19,26-27,29,34H,4,17H2,1-3H3,(H,35,38)(H,40,41)/t19-,26-,27-,29-/m0/s1. The van der Waals surface area contributed by atoms with Crippen LogP contribution in [0.25, 0.3) is 10.9 Å². The predicted octanol–water partition coefficient (Wildman–Crippen LogP) is 5.19. The molecule has 4 atom stereocenters. The van der Waals surface area contributed by atoms with Gasteiger partial charge in [-0.3, -0.25) is 14.5 Å². The van der Waals surface area contributed by atoms with Crippen molar-refractivity contribution < 1.29 is 24.3 Å². The van der Waals surface area contributed by atoms with Crippen LogP contribution >= 0.6 is 0 Å². The fourth-order valence-corrected chi connectivity index (χ4v) is 6.15. The average molecular weight is 565 g/mol. The summed E-state index contributed by atoms with van der Waals surface area (Å²) in [6.07, 6.45) is 0.875. The summed E-state index contributed by atoms with van der Waals surface area (Å²) in [5, 5.41) is 13.3. The van der Waals surface area contributed by atoms with Gasteiger partial charge in [0.1, 0.15) is 18.1 Å². The first-order valence-corrected chi connectivity index (χ1v) is 14.2. The fraction of sp³-hybridized carbons (Fsp3) is 0.273. The molecule has 1 fully saturated rings. The van der Waals surface area contributed by atoms with E-state index in [4.69, 9.17) is 0 Å². The monoisotopic (exact) mass is 564 g/mol. The Bertz CT molecular complexity index is 1730. The van der Waals surface area contributed by atoms with Crippen molar-refractivity contribution >= 4 is 40.4 Å². The number of fused-ring (bicyclic) bond motifs is 4. The number of amides is 4. The molecule has 1 aromatic heterocycles. The second kappa shape index (κ2) is 10.5. The van der Waals surface area contributed by atoms with Crippen molar-refractivity contribution in [2.45, 2.75) is 51.7 Å². The third kappa shape index (κ3) is 4.32. The molecule has 1 saturated heterocycles. The van der Waals surface area contributed by atoms with Crippen LogP contribution in [0.15, 0.2) is 72.8 Å². The molecular formula is C33H32N4O5. The minimum atomic E-state index is -1.14. The third-order valence-corrected chi connectivity index (χ3v) is 8.60. The molecular weight excluding hydrogens is 532 g/mol. The van der Waals surface area contributed by atoms with Gasteiger partial charge in [0.15, 0.2) is 0 Å². The van der Waals surface area contributed by atoms with E-state index in [0.717, 1.165) is 38.2 Å². The largest absolute Gasteiger partial charge is 0.480 e. The van der Waals surface area contributed by atoms with Crippen LogP contribution in [0.5, 0.6) is 0 Å². The van der Waals surface area contributed by atoms with Crippen LogP contribution in [0.4, 0.5) is 10.5 Å². The minimum absolute atomic E-state index is 0.0597. The quantitative estimate of drug-likeness (QED) is 0.267. The molecule has 0 saturated carbocycles. The number of urea groups is 1. The van der Waals surface area contributed by atoms with E-state index in [1.165, 1.54) is 6.07 Å². The Labute approximate surface area is 243 Å². The van der Waals surface area contributed by atoms with Crippen LogP contribution in [0, 0.1) is 12.8 Å². The molecule has 2 aliphatic heterocycles. The number of rotatable bonds is 7. The Balaban J connectivity index is 1.43. The van der Waals surface area contributed by atoms with Gasteiger partial charge in [-0.1, -0.05) is 80.4 Å². The van der Waals surface area contributed by atoms with Gasteiger partial charge in [0, 0.05) is 23.0 Å². The third-order valence-electron chi connectivity index (χ3n) is 8.60. The maximum absolute atomic E-state index is 14.3. The number of aryl methyl sites for hydroxylation is 1. The van der Waals surface area contributed by atoms with Crippen LogP contribution < -0.4 is 10.2 Å². The molecule has 3 heterocycles. The molecule has 0 aliphatic carbocycles. The number of aliphatic carboxylic acids is 1. The van der Waals surface area contributed by atoms with Crippen molar-refractivity contribution in [1.29, 1.82) is 0 Å². The number of hydrogen-bond donors (Lipinski definition) is 3. The van der Waals surface area contributed by atoms with Crippen molar-refractivity contribution in [2.24, 2.45) is 5.92 Å². The highest BCUT2D eigenvalue weighted by Gasteiger charge is 2.53. The minimum Gasteiger partial charge on any atom is -0.480 e. The zero-order valence-corrected chi connectivity index (χ0v) is 23.6. The number of aromatic nitrogens is 1. The van der Waals surface area contributed by atoms with Crippen molar-refractivity contribution in [3.8, 4) is 0 Å². The van der Waals surface area contributed by atoms with Crippen LogP contribution in [0.1, 0.15) is 59.1 Å². The van der Waals surface area contributed by atoms with Gasteiger partial charge in [0.25, 0.3) is 11.8 Å². The summed E-state index contributed by atoms with van der Waals surface area (Å²) in [5.41, 5.74) is 4.92. The maximum Gasteiger partial charge on any atom is 0.332 e. The Hall–Kier alpha value is -4.92. The number of H-pyrrole nitrogens is 1. The fourth-order valence-electron chi connectivity index (χ4n) is 6.15. The lowest BCUT2D eigenvalue weighted by molar-refractivity contribution is -0.140. The van der Waals surface area contributed by atoms with Gasteiger partial charge in [-0.2, -0.15) is 0 Å². The van der Waals surface area contributed by atoms with Crippen LogP contribution in [-0.2, 0) is 16.0 Å². The van der Waals surface area contributed by atoms with E-state index in [1.54, 1.807) is 30.0 Å². The first kappa shape index (κ1) is 27.3. The molecule has 214 valence electrons. The van der Waals surface area contributed by atoms with Crippen LogP contribution in [0.3, 0.4) is 0 Å². The number of carboxylic acid groups (broad SMARTS) is 1. The highest BCUT2D eigenvalue weighted by atomic mass is 16.4. The molecule has 3 aromatic carbocycles. The lowest BCUT2D eigenvalue weighted by atomic mass is 9.88. The molecule has 0 radical (unpaired) electrons. The van der Waals surface area contributed by atoms with Crippen LogP contribution in [-0.4, -0.2) is 50.9 Å².